The molecule has 0 aliphatic carbocycles. The number of rotatable bonds is 1. The molecule has 0 bridgehead atoms. The fourth-order valence-electron chi connectivity index (χ4n) is 0.785. The SMILES string of the molecule is [2H]c1cnc(C(=S)NC(C)(C)C)cn1. The highest BCUT2D eigenvalue weighted by atomic mass is 32.1. The van der Waals surface area contributed by atoms with Gasteiger partial charge in [0.15, 0.2) is 0 Å². The van der Waals surface area contributed by atoms with Gasteiger partial charge >= 0.3 is 0 Å². The van der Waals surface area contributed by atoms with Gasteiger partial charge in [-0.3, -0.25) is 9.97 Å². The van der Waals surface area contributed by atoms with Crippen LogP contribution in [0.1, 0.15) is 27.8 Å². The van der Waals surface area contributed by atoms with Crippen molar-refractivity contribution in [1.82, 2.24) is 15.3 Å². The lowest BCUT2D eigenvalue weighted by atomic mass is 10.1. The summed E-state index contributed by atoms with van der Waals surface area (Å²) < 4.78 is 7.18. The third-order valence-corrected chi connectivity index (χ3v) is 1.56. The van der Waals surface area contributed by atoms with Crippen molar-refractivity contribution in [1.29, 1.82) is 0 Å². The van der Waals surface area contributed by atoms with Crippen molar-refractivity contribution in [2.24, 2.45) is 0 Å². The predicted molar refractivity (Wildman–Crippen MR) is 56.6 cm³/mol. The van der Waals surface area contributed by atoms with E-state index in [2.05, 4.69) is 15.3 Å². The smallest absolute Gasteiger partial charge is 0.127 e. The standard InChI is InChI=1S/C9H13N3S/c1-9(2,3)12-8(13)7-6-10-4-5-11-7/h4-6H,1-3H3,(H,12,13)/i4D. The fourth-order valence-corrected chi connectivity index (χ4v) is 1.20. The Morgan fingerprint density at radius 2 is 2.31 bits per heavy atom. The lowest BCUT2D eigenvalue weighted by Gasteiger charge is -2.21. The first-order valence-corrected chi connectivity index (χ1v) is 4.40. The molecule has 0 saturated heterocycles. The van der Waals surface area contributed by atoms with Crippen LogP contribution in [0, 0.1) is 0 Å². The first-order chi connectivity index (χ1) is 6.38. The van der Waals surface area contributed by atoms with Gasteiger partial charge in [0, 0.05) is 17.9 Å². The van der Waals surface area contributed by atoms with Crippen LogP contribution in [-0.4, -0.2) is 20.5 Å². The zero-order valence-electron chi connectivity index (χ0n) is 8.96. The van der Waals surface area contributed by atoms with Crippen LogP contribution in [0.5, 0.6) is 0 Å². The van der Waals surface area contributed by atoms with E-state index < -0.39 is 0 Å². The molecule has 0 radical (unpaired) electrons. The van der Waals surface area contributed by atoms with Gasteiger partial charge in [-0.1, -0.05) is 12.2 Å². The van der Waals surface area contributed by atoms with Crippen LogP contribution in [0.3, 0.4) is 0 Å². The number of hydrogen-bond acceptors (Lipinski definition) is 3. The van der Waals surface area contributed by atoms with Gasteiger partial charge in [-0.2, -0.15) is 0 Å². The second kappa shape index (κ2) is 3.79. The molecule has 1 aromatic rings. The molecular weight excluding hydrogens is 182 g/mol. The Labute approximate surface area is 85.0 Å². The average Bonchev–Trinajstić information content (AvgIpc) is 2.02. The maximum Gasteiger partial charge on any atom is 0.127 e. The van der Waals surface area contributed by atoms with Gasteiger partial charge in [-0.15, -0.1) is 0 Å². The number of nitrogens with zero attached hydrogens (tertiary/aromatic N) is 2. The highest BCUT2D eigenvalue weighted by molar-refractivity contribution is 7.80. The van der Waals surface area contributed by atoms with Crippen LogP contribution in [0.4, 0.5) is 0 Å². The molecule has 70 valence electrons. The summed E-state index contributed by atoms with van der Waals surface area (Å²) in [5.74, 6) is 0. The summed E-state index contributed by atoms with van der Waals surface area (Å²) in [5, 5.41) is 3.12. The quantitative estimate of drug-likeness (QED) is 0.691. The molecule has 1 aromatic heterocycles. The molecule has 0 spiro atoms. The molecule has 0 unspecified atom stereocenters. The van der Waals surface area contributed by atoms with Crippen molar-refractivity contribution in [3.8, 4) is 0 Å². The molecule has 4 heteroatoms. The lowest BCUT2D eigenvalue weighted by Crippen LogP contribution is -2.40. The second-order valence-electron chi connectivity index (χ2n) is 3.73. The van der Waals surface area contributed by atoms with Crippen LogP contribution in [0.15, 0.2) is 18.6 Å². The van der Waals surface area contributed by atoms with Gasteiger partial charge in [0.25, 0.3) is 0 Å². The number of thiocarbonyl (C=S) groups is 1. The third-order valence-electron chi connectivity index (χ3n) is 1.24. The first kappa shape index (κ1) is 8.56. The molecule has 0 atom stereocenters. The van der Waals surface area contributed by atoms with Gasteiger partial charge in [0.1, 0.15) is 10.7 Å². The van der Waals surface area contributed by atoms with E-state index in [0.29, 0.717) is 10.7 Å². The molecule has 1 rings (SSSR count). The number of hydrogen-bond donors (Lipinski definition) is 1. The normalized spacial score (nSPS) is 12.1. The monoisotopic (exact) mass is 196 g/mol. The molecule has 3 nitrogen and oxygen atoms in total. The largest absolute Gasteiger partial charge is 0.370 e. The Morgan fingerprint density at radius 3 is 2.77 bits per heavy atom. The summed E-state index contributed by atoms with van der Waals surface area (Å²) in [5.41, 5.74) is 0.518. The Morgan fingerprint density at radius 1 is 1.62 bits per heavy atom. The van der Waals surface area contributed by atoms with E-state index in [-0.39, 0.29) is 11.7 Å². The van der Waals surface area contributed by atoms with Gasteiger partial charge in [-0.25, -0.2) is 0 Å². The summed E-state index contributed by atoms with van der Waals surface area (Å²) >= 11 is 5.14. The minimum atomic E-state index is -0.0849. The Hall–Kier alpha value is -1.03. The van der Waals surface area contributed by atoms with Crippen molar-refractivity contribution in [2.45, 2.75) is 26.3 Å². The van der Waals surface area contributed by atoms with Crippen molar-refractivity contribution < 1.29 is 1.37 Å². The van der Waals surface area contributed by atoms with Crippen LogP contribution >= 0.6 is 12.2 Å². The maximum absolute atomic E-state index is 7.18. The van der Waals surface area contributed by atoms with Crippen LogP contribution in [0.2, 0.25) is 0 Å². The summed E-state index contributed by atoms with van der Waals surface area (Å²) in [7, 11) is 0. The molecule has 0 fully saturated rings. The fraction of sp³-hybridized carbons (Fsp3) is 0.444. The highest BCUT2D eigenvalue weighted by Gasteiger charge is 2.12. The van der Waals surface area contributed by atoms with Gasteiger partial charge < -0.3 is 5.32 Å². The van der Waals surface area contributed by atoms with E-state index in [9.17, 15) is 0 Å². The summed E-state index contributed by atoms with van der Waals surface area (Å²) in [6.07, 6.45) is 3.03. The molecule has 0 aliphatic rings. The molecule has 13 heavy (non-hydrogen) atoms. The van der Waals surface area contributed by atoms with E-state index in [1.165, 1.54) is 12.4 Å². The van der Waals surface area contributed by atoms with E-state index in [0.717, 1.165) is 0 Å². The van der Waals surface area contributed by atoms with Crippen molar-refractivity contribution in [3.05, 3.63) is 24.3 Å². The topological polar surface area (TPSA) is 37.8 Å². The van der Waals surface area contributed by atoms with Crippen LogP contribution < -0.4 is 5.32 Å². The first-order valence-electron chi connectivity index (χ1n) is 4.50. The van der Waals surface area contributed by atoms with Gasteiger partial charge in [-0.05, 0) is 20.8 Å². The van der Waals surface area contributed by atoms with Crippen LogP contribution in [-0.2, 0) is 0 Å². The van der Waals surface area contributed by atoms with E-state index in [1.54, 1.807) is 0 Å². The Balaban J connectivity index is 2.76. The average molecular weight is 196 g/mol. The molecule has 0 aromatic carbocycles. The molecule has 0 amide bonds. The van der Waals surface area contributed by atoms with Crippen LogP contribution in [0.25, 0.3) is 0 Å². The number of aromatic nitrogens is 2. The lowest BCUT2D eigenvalue weighted by molar-refractivity contribution is 0.515. The highest BCUT2D eigenvalue weighted by Crippen LogP contribution is 2.02. The van der Waals surface area contributed by atoms with Crippen molar-refractivity contribution in [2.75, 3.05) is 0 Å². The Kier molecular flexibility index (Phi) is 2.49. The minimum absolute atomic E-state index is 0.0849. The molecular formula is C9H13N3S. The third kappa shape index (κ3) is 3.46. The summed E-state index contributed by atoms with van der Waals surface area (Å²) in [4.78, 5) is 8.38. The van der Waals surface area contributed by atoms with E-state index in [4.69, 9.17) is 13.6 Å². The predicted octanol–water partition coefficient (Wildman–Crippen LogP) is 1.54. The Bertz CT molecular complexity index is 329. The zero-order valence-corrected chi connectivity index (χ0v) is 8.77. The maximum atomic E-state index is 7.18. The minimum Gasteiger partial charge on any atom is -0.370 e. The summed E-state index contributed by atoms with van der Waals surface area (Å²) in [6.45, 7) is 6.06. The second-order valence-corrected chi connectivity index (χ2v) is 4.14. The molecule has 1 N–H and O–H groups in total. The van der Waals surface area contributed by atoms with Crippen molar-refractivity contribution in [3.63, 3.8) is 0 Å². The van der Waals surface area contributed by atoms with Crippen molar-refractivity contribution >= 4 is 17.2 Å². The molecule has 0 aliphatic heterocycles. The number of nitrogens with one attached hydrogen (secondary N) is 1. The van der Waals surface area contributed by atoms with E-state index in [1.807, 2.05) is 20.8 Å². The summed E-state index contributed by atoms with van der Waals surface area (Å²) in [6, 6.07) is 0. The van der Waals surface area contributed by atoms with Gasteiger partial charge in [0.2, 0.25) is 0 Å². The van der Waals surface area contributed by atoms with E-state index >= 15 is 0 Å². The molecule has 1 heterocycles. The molecule has 0 saturated carbocycles. The zero-order chi connectivity index (χ0) is 10.8. The van der Waals surface area contributed by atoms with Gasteiger partial charge in [0.05, 0.1) is 7.57 Å².